The fourth-order valence-electron chi connectivity index (χ4n) is 4.81. The molecule has 2 unspecified atom stereocenters. The molecule has 4 rings (SSSR count). The number of aliphatic imine (C=N–C) groups is 1. The quantitative estimate of drug-likeness (QED) is 0.355. The minimum Gasteiger partial charge on any atom is -0.353 e. The van der Waals surface area contributed by atoms with Crippen molar-refractivity contribution < 1.29 is 4.79 Å². The number of carbonyl (C=O) groups excluding carboxylic acids is 1. The standard InChI is InChI=1S/C24H37N5O.HI/c1-3-25-24(26-22-17-21(22)20-10-6-5-9-19(20)2)29-15-13-27(14-16-29)18-23(30)28-11-7-4-8-12-28;/h5-6,9-10,21-22H,3-4,7-8,11-18H2,1-2H3,(H,25,26);1H. The summed E-state index contributed by atoms with van der Waals surface area (Å²) < 4.78 is 0. The number of piperazine rings is 1. The fraction of sp³-hybridized carbons (Fsp3) is 0.667. The first-order valence-corrected chi connectivity index (χ1v) is 11.8. The zero-order chi connectivity index (χ0) is 20.9. The number of benzene rings is 1. The van der Waals surface area contributed by atoms with Crippen LogP contribution in [-0.2, 0) is 4.79 Å². The molecule has 0 bridgehead atoms. The van der Waals surface area contributed by atoms with Crippen molar-refractivity contribution >= 4 is 35.8 Å². The molecule has 0 radical (unpaired) electrons. The third-order valence-corrected chi connectivity index (χ3v) is 6.74. The van der Waals surface area contributed by atoms with Gasteiger partial charge in [-0.15, -0.1) is 24.0 Å². The molecule has 1 aromatic carbocycles. The van der Waals surface area contributed by atoms with Crippen molar-refractivity contribution in [3.05, 3.63) is 35.4 Å². The smallest absolute Gasteiger partial charge is 0.236 e. The van der Waals surface area contributed by atoms with Gasteiger partial charge in [-0.25, -0.2) is 0 Å². The summed E-state index contributed by atoms with van der Waals surface area (Å²) in [7, 11) is 0. The van der Waals surface area contributed by atoms with E-state index in [-0.39, 0.29) is 24.0 Å². The lowest BCUT2D eigenvalue weighted by Gasteiger charge is -2.37. The summed E-state index contributed by atoms with van der Waals surface area (Å²) in [5, 5.41) is 3.73. The molecule has 1 amide bonds. The monoisotopic (exact) mass is 539 g/mol. The maximum Gasteiger partial charge on any atom is 0.236 e. The molecule has 1 aromatic rings. The molecule has 0 aromatic heterocycles. The number of guanidine groups is 1. The highest BCUT2D eigenvalue weighted by Crippen LogP contribution is 2.42. The first-order chi connectivity index (χ1) is 14.7. The van der Waals surface area contributed by atoms with E-state index in [1.165, 1.54) is 24.0 Å². The second kappa shape index (κ2) is 11.5. The van der Waals surface area contributed by atoms with Crippen LogP contribution in [0.2, 0.25) is 0 Å². The van der Waals surface area contributed by atoms with E-state index in [2.05, 4.69) is 58.1 Å². The Hall–Kier alpha value is -1.35. The van der Waals surface area contributed by atoms with Crippen LogP contribution in [0.15, 0.2) is 29.3 Å². The molecular weight excluding hydrogens is 501 g/mol. The summed E-state index contributed by atoms with van der Waals surface area (Å²) in [6, 6.07) is 9.20. The molecule has 2 heterocycles. The number of amides is 1. The van der Waals surface area contributed by atoms with Crippen LogP contribution in [0.4, 0.5) is 0 Å². The van der Waals surface area contributed by atoms with Crippen LogP contribution in [0, 0.1) is 6.92 Å². The summed E-state index contributed by atoms with van der Waals surface area (Å²) in [5.74, 6) is 1.94. The SMILES string of the molecule is CCN=C(NC1CC1c1ccccc1C)N1CCN(CC(=O)N2CCCCC2)CC1.I. The molecule has 2 atom stereocenters. The van der Waals surface area contributed by atoms with E-state index in [0.29, 0.717) is 24.4 Å². The minimum atomic E-state index is 0. The molecule has 1 aliphatic carbocycles. The maximum absolute atomic E-state index is 12.6. The van der Waals surface area contributed by atoms with E-state index in [1.54, 1.807) is 0 Å². The van der Waals surface area contributed by atoms with Crippen LogP contribution in [0.1, 0.15) is 49.7 Å². The molecule has 31 heavy (non-hydrogen) atoms. The molecule has 3 aliphatic rings. The van der Waals surface area contributed by atoms with E-state index >= 15 is 0 Å². The Morgan fingerprint density at radius 3 is 2.42 bits per heavy atom. The lowest BCUT2D eigenvalue weighted by molar-refractivity contribution is -0.133. The van der Waals surface area contributed by atoms with E-state index in [0.717, 1.165) is 64.6 Å². The summed E-state index contributed by atoms with van der Waals surface area (Å²) in [5.41, 5.74) is 2.85. The molecule has 0 spiro atoms. The first kappa shape index (κ1) is 24.3. The molecule has 1 N–H and O–H groups in total. The van der Waals surface area contributed by atoms with Crippen molar-refractivity contribution in [1.82, 2.24) is 20.0 Å². The Morgan fingerprint density at radius 2 is 1.74 bits per heavy atom. The average Bonchev–Trinajstić information content (AvgIpc) is 3.54. The number of carbonyl (C=O) groups is 1. The second-order valence-corrected chi connectivity index (χ2v) is 8.95. The maximum atomic E-state index is 12.6. The van der Waals surface area contributed by atoms with Crippen LogP contribution in [-0.4, -0.2) is 85.0 Å². The molecule has 7 heteroatoms. The number of halogens is 1. The number of nitrogens with one attached hydrogen (secondary N) is 1. The number of likely N-dealkylation sites (tertiary alicyclic amines) is 1. The lowest BCUT2D eigenvalue weighted by Crippen LogP contribution is -2.55. The Bertz CT molecular complexity index is 756. The Morgan fingerprint density at radius 1 is 1.03 bits per heavy atom. The second-order valence-electron chi connectivity index (χ2n) is 8.95. The van der Waals surface area contributed by atoms with E-state index in [4.69, 9.17) is 4.99 Å². The Balaban J connectivity index is 0.00000272. The van der Waals surface area contributed by atoms with Gasteiger partial charge in [0.05, 0.1) is 6.54 Å². The zero-order valence-electron chi connectivity index (χ0n) is 19.1. The average molecular weight is 540 g/mol. The first-order valence-electron chi connectivity index (χ1n) is 11.8. The van der Waals surface area contributed by atoms with Gasteiger partial charge >= 0.3 is 0 Å². The summed E-state index contributed by atoms with van der Waals surface area (Å²) in [6.45, 7) is 11.3. The predicted octanol–water partition coefficient (Wildman–Crippen LogP) is 3.06. The highest BCUT2D eigenvalue weighted by molar-refractivity contribution is 14.0. The minimum absolute atomic E-state index is 0. The Kier molecular flexibility index (Phi) is 9.01. The van der Waals surface area contributed by atoms with Crippen LogP contribution in [0.25, 0.3) is 0 Å². The number of rotatable bonds is 5. The number of hydrogen-bond donors (Lipinski definition) is 1. The largest absolute Gasteiger partial charge is 0.353 e. The summed E-state index contributed by atoms with van der Waals surface area (Å²) in [4.78, 5) is 24.1. The lowest BCUT2D eigenvalue weighted by atomic mass is 10.0. The van der Waals surface area contributed by atoms with Gasteiger partial charge in [-0.1, -0.05) is 24.3 Å². The molecule has 2 saturated heterocycles. The van der Waals surface area contributed by atoms with Crippen molar-refractivity contribution in [2.24, 2.45) is 4.99 Å². The van der Waals surface area contributed by atoms with Gasteiger partial charge in [0.2, 0.25) is 5.91 Å². The van der Waals surface area contributed by atoms with Gasteiger partial charge < -0.3 is 15.1 Å². The van der Waals surface area contributed by atoms with Crippen LogP contribution < -0.4 is 5.32 Å². The number of piperidine rings is 1. The van der Waals surface area contributed by atoms with Gasteiger partial charge in [0, 0.05) is 57.8 Å². The van der Waals surface area contributed by atoms with E-state index < -0.39 is 0 Å². The van der Waals surface area contributed by atoms with Gasteiger partial charge in [0.25, 0.3) is 0 Å². The molecule has 1 saturated carbocycles. The third kappa shape index (κ3) is 6.34. The van der Waals surface area contributed by atoms with Gasteiger partial charge in [-0.05, 0) is 50.7 Å². The molecule has 3 fully saturated rings. The highest BCUT2D eigenvalue weighted by atomic mass is 127. The Labute approximate surface area is 204 Å². The third-order valence-electron chi connectivity index (χ3n) is 6.74. The molecule has 6 nitrogen and oxygen atoms in total. The molecular formula is C24H38IN5O. The summed E-state index contributed by atoms with van der Waals surface area (Å²) in [6.07, 6.45) is 4.76. The predicted molar refractivity (Wildman–Crippen MR) is 137 cm³/mol. The number of nitrogens with zero attached hydrogens (tertiary/aromatic N) is 4. The van der Waals surface area contributed by atoms with E-state index in [1.807, 2.05) is 0 Å². The fourth-order valence-corrected chi connectivity index (χ4v) is 4.81. The van der Waals surface area contributed by atoms with E-state index in [9.17, 15) is 4.79 Å². The number of aryl methyl sites for hydroxylation is 1. The van der Waals surface area contributed by atoms with Gasteiger partial charge in [-0.3, -0.25) is 14.7 Å². The number of hydrogen-bond acceptors (Lipinski definition) is 3. The summed E-state index contributed by atoms with van der Waals surface area (Å²) >= 11 is 0. The van der Waals surface area contributed by atoms with Crippen molar-refractivity contribution in [1.29, 1.82) is 0 Å². The van der Waals surface area contributed by atoms with Crippen LogP contribution >= 0.6 is 24.0 Å². The van der Waals surface area contributed by atoms with Gasteiger partial charge in [-0.2, -0.15) is 0 Å². The zero-order valence-corrected chi connectivity index (χ0v) is 21.4. The normalized spacial score (nSPS) is 24.5. The van der Waals surface area contributed by atoms with Crippen molar-refractivity contribution in [2.45, 2.75) is 51.5 Å². The van der Waals surface area contributed by atoms with Crippen molar-refractivity contribution in [2.75, 3.05) is 52.4 Å². The van der Waals surface area contributed by atoms with Crippen LogP contribution in [0.5, 0.6) is 0 Å². The van der Waals surface area contributed by atoms with Crippen molar-refractivity contribution in [3.8, 4) is 0 Å². The van der Waals surface area contributed by atoms with Gasteiger partial charge in [0.1, 0.15) is 0 Å². The molecule has 2 aliphatic heterocycles. The van der Waals surface area contributed by atoms with Crippen molar-refractivity contribution in [3.63, 3.8) is 0 Å². The highest BCUT2D eigenvalue weighted by Gasteiger charge is 2.40. The van der Waals surface area contributed by atoms with Crippen LogP contribution in [0.3, 0.4) is 0 Å². The molecule has 172 valence electrons. The topological polar surface area (TPSA) is 51.2 Å². The van der Waals surface area contributed by atoms with Gasteiger partial charge in [0.15, 0.2) is 5.96 Å².